The van der Waals surface area contributed by atoms with E-state index in [-0.39, 0.29) is 12.0 Å². The van der Waals surface area contributed by atoms with Gasteiger partial charge in [0, 0.05) is 33.0 Å². The summed E-state index contributed by atoms with van der Waals surface area (Å²) in [5.74, 6) is 0. The summed E-state index contributed by atoms with van der Waals surface area (Å²) >= 11 is 0. The van der Waals surface area contributed by atoms with Gasteiger partial charge in [0.1, 0.15) is 23.0 Å². The lowest BCUT2D eigenvalue weighted by Gasteiger charge is -2.17. The van der Waals surface area contributed by atoms with E-state index in [0.717, 1.165) is 11.1 Å². The molecular weight excluding hydrogens is 368 g/mol. The topological polar surface area (TPSA) is 65.2 Å². The Bertz CT molecular complexity index is 1180. The summed E-state index contributed by atoms with van der Waals surface area (Å²) < 4.78 is 32.3. The van der Waals surface area contributed by atoms with E-state index in [1.54, 1.807) is 30.0 Å². The average Bonchev–Trinajstić information content (AvgIpc) is 2.96. The molecule has 28 heavy (non-hydrogen) atoms. The Hall–Kier alpha value is -3.07. The summed E-state index contributed by atoms with van der Waals surface area (Å²) in [6.45, 7) is -2.83. The van der Waals surface area contributed by atoms with Gasteiger partial charge >= 0.3 is 6.61 Å². The third kappa shape index (κ3) is 2.88. The summed E-state index contributed by atoms with van der Waals surface area (Å²) in [4.78, 5) is 24.1. The molecule has 4 rings (SSSR count). The number of allylic oxidation sites excluding steroid dienone is 2. The van der Waals surface area contributed by atoms with Crippen LogP contribution in [0, 0.1) is 0 Å². The quantitative estimate of drug-likeness (QED) is 0.689. The standard InChI is InChI=1S/C19H19F2N5O2/c1-24(2)13-8-9-22-17-14(13)15-16(25(17)3)18(27)26(10-23-15)11-4-6-12(7-5-11)28-19(20)21/h4-6,8-10,12,19H,7H2,1-3H3. The predicted octanol–water partition coefficient (Wildman–Crippen LogP) is 2.76. The Labute approximate surface area is 159 Å². The third-order valence-electron chi connectivity index (χ3n) is 4.83. The van der Waals surface area contributed by atoms with Gasteiger partial charge in [-0.05, 0) is 18.6 Å². The van der Waals surface area contributed by atoms with Crippen LogP contribution in [0.1, 0.15) is 6.42 Å². The number of aryl methyl sites for hydroxylation is 1. The fourth-order valence-corrected chi connectivity index (χ4v) is 3.52. The average molecular weight is 387 g/mol. The van der Waals surface area contributed by atoms with Gasteiger partial charge in [-0.2, -0.15) is 8.78 Å². The van der Waals surface area contributed by atoms with Crippen molar-refractivity contribution in [3.63, 3.8) is 0 Å². The summed E-state index contributed by atoms with van der Waals surface area (Å²) in [6.07, 6.45) is 7.51. The van der Waals surface area contributed by atoms with E-state index in [4.69, 9.17) is 0 Å². The highest BCUT2D eigenvalue weighted by Gasteiger charge is 2.20. The lowest BCUT2D eigenvalue weighted by Crippen LogP contribution is -2.23. The molecule has 3 heterocycles. The number of hydrogen-bond acceptors (Lipinski definition) is 5. The van der Waals surface area contributed by atoms with E-state index in [1.807, 2.05) is 25.1 Å². The molecular formula is C19H19F2N5O2. The Balaban J connectivity index is 1.85. The molecule has 1 aliphatic rings. The molecule has 0 radical (unpaired) electrons. The van der Waals surface area contributed by atoms with E-state index in [2.05, 4.69) is 14.7 Å². The first-order chi connectivity index (χ1) is 13.4. The van der Waals surface area contributed by atoms with Crippen LogP contribution in [0.2, 0.25) is 0 Å². The molecule has 0 amide bonds. The zero-order valence-corrected chi connectivity index (χ0v) is 15.6. The molecule has 0 fully saturated rings. The van der Waals surface area contributed by atoms with Crippen LogP contribution in [-0.4, -0.2) is 45.9 Å². The molecule has 3 aromatic heterocycles. The second-order valence-electron chi connectivity index (χ2n) is 6.76. The van der Waals surface area contributed by atoms with Gasteiger partial charge in [-0.15, -0.1) is 0 Å². The van der Waals surface area contributed by atoms with E-state index in [0.29, 0.717) is 22.4 Å². The van der Waals surface area contributed by atoms with Gasteiger partial charge in [-0.25, -0.2) is 9.97 Å². The normalized spacial score (nSPS) is 16.9. The van der Waals surface area contributed by atoms with Crippen LogP contribution in [0.3, 0.4) is 0 Å². The van der Waals surface area contributed by atoms with Gasteiger partial charge in [0.15, 0.2) is 0 Å². The summed E-state index contributed by atoms with van der Waals surface area (Å²) in [6, 6.07) is 1.88. The lowest BCUT2D eigenvalue weighted by molar-refractivity contribution is -0.149. The molecule has 146 valence electrons. The summed E-state index contributed by atoms with van der Waals surface area (Å²) in [5.41, 5.74) is 2.92. The molecule has 1 atom stereocenters. The van der Waals surface area contributed by atoms with E-state index < -0.39 is 12.7 Å². The molecule has 9 heteroatoms. The van der Waals surface area contributed by atoms with E-state index in [9.17, 15) is 13.6 Å². The van der Waals surface area contributed by atoms with Crippen LogP contribution < -0.4 is 10.5 Å². The van der Waals surface area contributed by atoms with Crippen LogP contribution in [0.5, 0.6) is 0 Å². The summed E-state index contributed by atoms with van der Waals surface area (Å²) in [5, 5.41) is 0.813. The van der Waals surface area contributed by atoms with Gasteiger partial charge in [0.05, 0.1) is 17.2 Å². The monoisotopic (exact) mass is 387 g/mol. The molecule has 0 spiro atoms. The van der Waals surface area contributed by atoms with E-state index >= 15 is 0 Å². The van der Waals surface area contributed by atoms with Gasteiger partial charge in [0.25, 0.3) is 5.56 Å². The first-order valence-corrected chi connectivity index (χ1v) is 8.73. The summed E-state index contributed by atoms with van der Waals surface area (Å²) in [7, 11) is 5.62. The number of halogens is 2. The SMILES string of the molecule is CN(C)c1ccnc2c1c1ncn(C3=CCC(OC(F)F)C=C3)c(=O)c1n2C. The van der Waals surface area contributed by atoms with Crippen molar-refractivity contribution in [1.29, 1.82) is 0 Å². The Morgan fingerprint density at radius 3 is 2.75 bits per heavy atom. The van der Waals surface area contributed by atoms with Crippen LogP contribution in [0.15, 0.2) is 41.6 Å². The number of ether oxygens (including phenoxy) is 1. The second-order valence-corrected chi connectivity index (χ2v) is 6.76. The van der Waals surface area contributed by atoms with Crippen molar-refractivity contribution in [1.82, 2.24) is 19.1 Å². The highest BCUT2D eigenvalue weighted by molar-refractivity contribution is 6.10. The first kappa shape index (κ1) is 18.3. The van der Waals surface area contributed by atoms with Gasteiger partial charge in [0.2, 0.25) is 0 Å². The number of fused-ring (bicyclic) bond motifs is 3. The molecule has 0 saturated heterocycles. The smallest absolute Gasteiger partial charge is 0.345 e. The Morgan fingerprint density at radius 2 is 2.11 bits per heavy atom. The minimum absolute atomic E-state index is 0.251. The maximum atomic E-state index is 13.2. The second kappa shape index (κ2) is 6.83. The highest BCUT2D eigenvalue weighted by atomic mass is 19.3. The molecule has 0 N–H and O–H groups in total. The van der Waals surface area contributed by atoms with Crippen molar-refractivity contribution in [2.45, 2.75) is 19.1 Å². The molecule has 1 unspecified atom stereocenters. The predicted molar refractivity (Wildman–Crippen MR) is 104 cm³/mol. The molecule has 0 saturated carbocycles. The minimum Gasteiger partial charge on any atom is -0.377 e. The van der Waals surface area contributed by atoms with E-state index in [1.165, 1.54) is 17.0 Å². The maximum Gasteiger partial charge on any atom is 0.345 e. The third-order valence-corrected chi connectivity index (χ3v) is 4.83. The van der Waals surface area contributed by atoms with Crippen molar-refractivity contribution in [3.05, 3.63) is 47.2 Å². The van der Waals surface area contributed by atoms with Gasteiger partial charge in [-0.1, -0.05) is 12.2 Å². The fraction of sp³-hybridized carbons (Fsp3) is 0.316. The molecule has 0 aromatic carbocycles. The van der Waals surface area contributed by atoms with Gasteiger partial charge < -0.3 is 14.2 Å². The number of rotatable bonds is 4. The number of alkyl halides is 2. The number of nitrogens with zero attached hydrogens (tertiary/aromatic N) is 5. The number of hydrogen-bond donors (Lipinski definition) is 0. The highest BCUT2D eigenvalue weighted by Crippen LogP contribution is 2.31. The lowest BCUT2D eigenvalue weighted by atomic mass is 10.1. The van der Waals surface area contributed by atoms with Crippen LogP contribution in [0.4, 0.5) is 14.5 Å². The zero-order chi connectivity index (χ0) is 20.0. The largest absolute Gasteiger partial charge is 0.377 e. The number of pyridine rings is 1. The minimum atomic E-state index is -2.83. The first-order valence-electron chi connectivity index (χ1n) is 8.73. The number of anilines is 1. The molecule has 1 aliphatic carbocycles. The zero-order valence-electron chi connectivity index (χ0n) is 15.6. The molecule has 0 aliphatic heterocycles. The molecule has 7 nitrogen and oxygen atoms in total. The number of aromatic nitrogens is 4. The van der Waals surface area contributed by atoms with Crippen molar-refractivity contribution >= 4 is 33.5 Å². The Morgan fingerprint density at radius 1 is 1.32 bits per heavy atom. The van der Waals surface area contributed by atoms with Crippen molar-refractivity contribution in [2.75, 3.05) is 19.0 Å². The van der Waals surface area contributed by atoms with Crippen LogP contribution in [0.25, 0.3) is 27.8 Å². The maximum absolute atomic E-state index is 13.2. The molecule has 3 aromatic rings. The molecule has 0 bridgehead atoms. The van der Waals surface area contributed by atoms with Gasteiger partial charge in [-0.3, -0.25) is 9.36 Å². The fourth-order valence-electron chi connectivity index (χ4n) is 3.52. The van der Waals surface area contributed by atoms with Crippen molar-refractivity contribution < 1.29 is 13.5 Å². The van der Waals surface area contributed by atoms with Crippen molar-refractivity contribution in [2.24, 2.45) is 7.05 Å². The van der Waals surface area contributed by atoms with Crippen molar-refractivity contribution in [3.8, 4) is 0 Å². The van der Waals surface area contributed by atoms with Crippen LogP contribution in [-0.2, 0) is 11.8 Å². The Kier molecular flexibility index (Phi) is 4.46. The van der Waals surface area contributed by atoms with Crippen LogP contribution >= 0.6 is 0 Å².